The second-order valence-corrected chi connectivity index (χ2v) is 4.32. The highest BCUT2D eigenvalue weighted by molar-refractivity contribution is 9.10. The number of fused-ring (bicyclic) bond motifs is 1. The molecule has 5 heteroatoms. The molecule has 0 N–H and O–H groups in total. The minimum Gasteiger partial charge on any atom is -0.468 e. The van der Waals surface area contributed by atoms with Crippen molar-refractivity contribution in [3.63, 3.8) is 0 Å². The third kappa shape index (κ3) is 1.71. The van der Waals surface area contributed by atoms with Crippen LogP contribution in [0.15, 0.2) is 24.3 Å². The van der Waals surface area contributed by atoms with Gasteiger partial charge in [0.15, 0.2) is 10.9 Å². The quantitative estimate of drug-likeness (QED) is 0.614. The highest BCUT2D eigenvalue weighted by Gasteiger charge is 2.39. The molecule has 2 atom stereocenters. The normalized spacial score (nSPS) is 19.9. The van der Waals surface area contributed by atoms with Crippen LogP contribution in [0.4, 0.5) is 0 Å². The number of hydrogen-bond donors (Lipinski definition) is 0. The van der Waals surface area contributed by atoms with Crippen LogP contribution in [0.5, 0.6) is 0 Å². The number of carbonyl (C=O) groups excluding carboxylic acids is 2. The van der Waals surface area contributed by atoms with Gasteiger partial charge in [0, 0.05) is 5.56 Å². The summed E-state index contributed by atoms with van der Waals surface area (Å²) in [6, 6.07) is 6.99. The molecule has 0 amide bonds. The smallest absolute Gasteiger partial charge is 0.339 e. The van der Waals surface area contributed by atoms with Gasteiger partial charge in [-0.3, -0.25) is 4.79 Å². The summed E-state index contributed by atoms with van der Waals surface area (Å²) in [5.41, 5.74) is 1.21. The molecule has 0 radical (unpaired) electrons. The van der Waals surface area contributed by atoms with E-state index in [-0.39, 0.29) is 0 Å². The van der Waals surface area contributed by atoms with Crippen molar-refractivity contribution in [3.05, 3.63) is 35.4 Å². The largest absolute Gasteiger partial charge is 0.468 e. The summed E-state index contributed by atoms with van der Waals surface area (Å²) in [6.07, 6.45) is -0.615. The van der Waals surface area contributed by atoms with E-state index < -0.39 is 22.9 Å². The molecule has 1 aromatic carbocycles. The Balaban J connectivity index is 2.34. The topological polar surface area (TPSA) is 52.6 Å². The number of cyclic esters (lactones) is 1. The molecular weight excluding hydrogens is 276 g/mol. The fraction of sp³-hybridized carbons (Fsp3) is 0.273. The first kappa shape index (κ1) is 11.1. The molecule has 4 nitrogen and oxygen atoms in total. The average molecular weight is 285 g/mol. The van der Waals surface area contributed by atoms with Gasteiger partial charge in [0.25, 0.3) is 0 Å². The molecule has 0 aliphatic carbocycles. The first-order chi connectivity index (χ1) is 7.65. The fourth-order valence-electron chi connectivity index (χ4n) is 1.63. The number of methoxy groups -OCH3 is 1. The van der Waals surface area contributed by atoms with Crippen molar-refractivity contribution in [2.24, 2.45) is 0 Å². The molecule has 1 aliphatic heterocycles. The summed E-state index contributed by atoms with van der Waals surface area (Å²) in [6.45, 7) is 0. The van der Waals surface area contributed by atoms with Crippen LogP contribution in [0.2, 0.25) is 0 Å². The molecule has 16 heavy (non-hydrogen) atoms. The molecule has 0 saturated carbocycles. The van der Waals surface area contributed by atoms with Crippen LogP contribution >= 0.6 is 15.9 Å². The van der Waals surface area contributed by atoms with Gasteiger partial charge in [0.1, 0.15) is 0 Å². The number of rotatable bonds is 2. The predicted octanol–water partition coefficient (Wildman–Crippen LogP) is 1.83. The van der Waals surface area contributed by atoms with E-state index in [1.165, 1.54) is 7.11 Å². The maximum absolute atomic E-state index is 11.5. The van der Waals surface area contributed by atoms with Gasteiger partial charge in [-0.25, -0.2) is 4.79 Å². The highest BCUT2D eigenvalue weighted by Crippen LogP contribution is 2.36. The molecule has 1 aliphatic rings. The molecule has 2 rings (SSSR count). The van der Waals surface area contributed by atoms with E-state index in [0.29, 0.717) is 11.1 Å². The van der Waals surface area contributed by atoms with Crippen LogP contribution in [0.25, 0.3) is 0 Å². The SMILES string of the molecule is COC(=O)[C@H](Br)[C@@H]1OC(=O)c2ccccc21. The van der Waals surface area contributed by atoms with Crippen molar-refractivity contribution >= 4 is 27.9 Å². The Morgan fingerprint density at radius 3 is 2.88 bits per heavy atom. The zero-order chi connectivity index (χ0) is 11.7. The van der Waals surface area contributed by atoms with E-state index in [1.807, 2.05) is 0 Å². The van der Waals surface area contributed by atoms with E-state index in [9.17, 15) is 9.59 Å². The second kappa shape index (κ2) is 4.25. The average Bonchev–Trinajstić information content (AvgIpc) is 2.65. The maximum atomic E-state index is 11.5. The summed E-state index contributed by atoms with van der Waals surface area (Å²) in [7, 11) is 1.29. The summed E-state index contributed by atoms with van der Waals surface area (Å²) in [5.74, 6) is -0.872. The first-order valence-corrected chi connectivity index (χ1v) is 5.58. The lowest BCUT2D eigenvalue weighted by Crippen LogP contribution is -2.23. The zero-order valence-corrected chi connectivity index (χ0v) is 10.1. The lowest BCUT2D eigenvalue weighted by Gasteiger charge is -2.15. The number of carbonyl (C=O) groups is 2. The standard InChI is InChI=1S/C11H9BrO4/c1-15-11(14)8(12)9-6-4-2-3-5-7(6)10(13)16-9/h2-5,8-9H,1H3/t8-,9-/m1/s1. The Bertz CT molecular complexity index is 443. The van der Waals surface area contributed by atoms with Gasteiger partial charge in [0.05, 0.1) is 12.7 Å². The summed E-state index contributed by atoms with van der Waals surface area (Å²) >= 11 is 3.18. The number of halogens is 1. The Kier molecular flexibility index (Phi) is 2.96. The molecule has 0 spiro atoms. The van der Waals surface area contributed by atoms with Crippen molar-refractivity contribution in [1.29, 1.82) is 0 Å². The Morgan fingerprint density at radius 2 is 2.19 bits per heavy atom. The van der Waals surface area contributed by atoms with Crippen molar-refractivity contribution < 1.29 is 19.1 Å². The molecule has 0 aromatic heterocycles. The summed E-state index contributed by atoms with van der Waals surface area (Å²) < 4.78 is 9.73. The van der Waals surface area contributed by atoms with Crippen LogP contribution < -0.4 is 0 Å². The first-order valence-electron chi connectivity index (χ1n) is 4.67. The maximum Gasteiger partial charge on any atom is 0.339 e. The number of hydrogen-bond acceptors (Lipinski definition) is 4. The molecular formula is C11H9BrO4. The molecule has 84 valence electrons. The second-order valence-electron chi connectivity index (χ2n) is 3.34. The third-order valence-electron chi connectivity index (χ3n) is 2.41. The van der Waals surface area contributed by atoms with Crippen molar-refractivity contribution in [2.75, 3.05) is 7.11 Å². The van der Waals surface area contributed by atoms with Crippen LogP contribution in [0.3, 0.4) is 0 Å². The van der Waals surface area contributed by atoms with E-state index in [0.717, 1.165) is 0 Å². The molecule has 0 fully saturated rings. The summed E-state index contributed by atoms with van der Waals surface area (Å²) in [5, 5.41) is 0. The summed E-state index contributed by atoms with van der Waals surface area (Å²) in [4.78, 5) is 22.2. The van der Waals surface area contributed by atoms with E-state index in [4.69, 9.17) is 4.74 Å². The third-order valence-corrected chi connectivity index (χ3v) is 3.27. The van der Waals surface area contributed by atoms with Crippen LogP contribution in [-0.2, 0) is 14.3 Å². The lowest BCUT2D eigenvalue weighted by atomic mass is 10.0. The van der Waals surface area contributed by atoms with Crippen molar-refractivity contribution in [2.45, 2.75) is 10.9 Å². The lowest BCUT2D eigenvalue weighted by molar-refractivity contribution is -0.141. The van der Waals surface area contributed by atoms with E-state index in [2.05, 4.69) is 20.7 Å². The van der Waals surface area contributed by atoms with Gasteiger partial charge in [0.2, 0.25) is 0 Å². The van der Waals surface area contributed by atoms with Crippen LogP contribution in [0, 0.1) is 0 Å². The Labute approximate surface area is 101 Å². The predicted molar refractivity (Wildman–Crippen MR) is 59.3 cm³/mol. The van der Waals surface area contributed by atoms with Crippen molar-refractivity contribution in [1.82, 2.24) is 0 Å². The molecule has 0 bridgehead atoms. The number of benzene rings is 1. The Hall–Kier alpha value is -1.36. The fourth-order valence-corrected chi connectivity index (χ4v) is 2.21. The zero-order valence-electron chi connectivity index (χ0n) is 8.48. The number of alkyl halides is 1. The Morgan fingerprint density at radius 1 is 1.50 bits per heavy atom. The van der Waals surface area contributed by atoms with E-state index in [1.54, 1.807) is 24.3 Å². The van der Waals surface area contributed by atoms with Gasteiger partial charge in [-0.15, -0.1) is 0 Å². The molecule has 0 saturated heterocycles. The van der Waals surface area contributed by atoms with Gasteiger partial charge in [-0.1, -0.05) is 34.1 Å². The van der Waals surface area contributed by atoms with Gasteiger partial charge < -0.3 is 9.47 Å². The van der Waals surface area contributed by atoms with Gasteiger partial charge in [-0.05, 0) is 6.07 Å². The molecule has 1 aromatic rings. The van der Waals surface area contributed by atoms with Gasteiger partial charge in [-0.2, -0.15) is 0 Å². The molecule has 0 unspecified atom stereocenters. The van der Waals surface area contributed by atoms with E-state index >= 15 is 0 Å². The minimum absolute atomic E-state index is 0.408. The van der Waals surface area contributed by atoms with Crippen LogP contribution in [0.1, 0.15) is 22.0 Å². The number of esters is 2. The highest BCUT2D eigenvalue weighted by atomic mass is 79.9. The molecule has 1 heterocycles. The minimum atomic E-state index is -0.676. The van der Waals surface area contributed by atoms with Crippen LogP contribution in [-0.4, -0.2) is 23.9 Å². The van der Waals surface area contributed by atoms with Crippen molar-refractivity contribution in [3.8, 4) is 0 Å². The monoisotopic (exact) mass is 284 g/mol. The number of ether oxygens (including phenoxy) is 2. The van der Waals surface area contributed by atoms with Gasteiger partial charge >= 0.3 is 11.9 Å².